The van der Waals surface area contributed by atoms with Gasteiger partial charge in [0.25, 0.3) is 0 Å². The Bertz CT molecular complexity index is 221. The predicted molar refractivity (Wildman–Crippen MR) is 54.2 cm³/mol. The van der Waals surface area contributed by atoms with E-state index in [2.05, 4.69) is 6.92 Å². The summed E-state index contributed by atoms with van der Waals surface area (Å²) in [4.78, 5) is 0. The standard InChI is InChI=1S/C8H16O2S2/c1-2-3-6-11-8-5-4-7-12(8,9)10/h8H,2-7H2,1H3. The molecule has 1 fully saturated rings. The van der Waals surface area contributed by atoms with E-state index < -0.39 is 9.84 Å². The van der Waals surface area contributed by atoms with E-state index in [-0.39, 0.29) is 4.58 Å². The summed E-state index contributed by atoms with van der Waals surface area (Å²) in [6.45, 7) is 2.13. The Morgan fingerprint density at radius 2 is 2.25 bits per heavy atom. The van der Waals surface area contributed by atoms with Gasteiger partial charge in [-0.15, -0.1) is 11.8 Å². The third-order valence-electron chi connectivity index (χ3n) is 2.07. The van der Waals surface area contributed by atoms with Crippen LogP contribution in [-0.4, -0.2) is 24.5 Å². The Labute approximate surface area is 79.0 Å². The van der Waals surface area contributed by atoms with Crippen molar-refractivity contribution in [2.24, 2.45) is 0 Å². The van der Waals surface area contributed by atoms with Crippen molar-refractivity contribution in [3.8, 4) is 0 Å². The molecule has 1 saturated heterocycles. The van der Waals surface area contributed by atoms with Crippen molar-refractivity contribution in [3.63, 3.8) is 0 Å². The van der Waals surface area contributed by atoms with Crippen LogP contribution in [0, 0.1) is 0 Å². The summed E-state index contributed by atoms with van der Waals surface area (Å²) in [5.74, 6) is 1.41. The van der Waals surface area contributed by atoms with Crippen molar-refractivity contribution in [3.05, 3.63) is 0 Å². The van der Waals surface area contributed by atoms with Gasteiger partial charge in [-0.1, -0.05) is 13.3 Å². The lowest BCUT2D eigenvalue weighted by molar-refractivity contribution is 0.600. The van der Waals surface area contributed by atoms with Crippen LogP contribution in [0.1, 0.15) is 32.6 Å². The second-order valence-corrected chi connectivity index (χ2v) is 7.08. The highest BCUT2D eigenvalue weighted by atomic mass is 32.3. The predicted octanol–water partition coefficient (Wildman–Crippen LogP) is 2.05. The lowest BCUT2D eigenvalue weighted by atomic mass is 10.4. The molecule has 0 bridgehead atoms. The van der Waals surface area contributed by atoms with Gasteiger partial charge in [0.15, 0.2) is 9.84 Å². The second kappa shape index (κ2) is 4.51. The smallest absolute Gasteiger partial charge is 0.162 e. The molecule has 1 aliphatic heterocycles. The zero-order valence-corrected chi connectivity index (χ0v) is 9.09. The maximum absolute atomic E-state index is 11.3. The van der Waals surface area contributed by atoms with Crippen molar-refractivity contribution >= 4 is 21.6 Å². The first-order chi connectivity index (χ1) is 5.67. The van der Waals surface area contributed by atoms with Crippen LogP contribution < -0.4 is 0 Å². The minimum absolute atomic E-state index is 0.0796. The number of unbranched alkanes of at least 4 members (excludes halogenated alkanes) is 1. The Hall–Kier alpha value is 0.300. The molecule has 0 radical (unpaired) electrons. The first-order valence-corrected chi connectivity index (χ1v) is 7.26. The van der Waals surface area contributed by atoms with Crippen molar-refractivity contribution in [2.45, 2.75) is 37.2 Å². The molecule has 1 rings (SSSR count). The van der Waals surface area contributed by atoms with Crippen LogP contribution in [0.2, 0.25) is 0 Å². The minimum Gasteiger partial charge on any atom is -0.228 e. The van der Waals surface area contributed by atoms with Crippen LogP contribution in [-0.2, 0) is 9.84 Å². The van der Waals surface area contributed by atoms with Gasteiger partial charge >= 0.3 is 0 Å². The molecular formula is C8H16O2S2. The van der Waals surface area contributed by atoms with Gasteiger partial charge < -0.3 is 0 Å². The van der Waals surface area contributed by atoms with Crippen LogP contribution in [0.25, 0.3) is 0 Å². The van der Waals surface area contributed by atoms with Crippen LogP contribution in [0.3, 0.4) is 0 Å². The molecule has 72 valence electrons. The van der Waals surface area contributed by atoms with E-state index in [0.29, 0.717) is 5.75 Å². The SMILES string of the molecule is CCCCSC1CCCS1(=O)=O. The topological polar surface area (TPSA) is 34.1 Å². The lowest BCUT2D eigenvalue weighted by Crippen LogP contribution is -2.12. The van der Waals surface area contributed by atoms with E-state index in [1.165, 1.54) is 0 Å². The maximum atomic E-state index is 11.3. The first-order valence-electron chi connectivity index (χ1n) is 4.50. The minimum atomic E-state index is -2.70. The van der Waals surface area contributed by atoms with Gasteiger partial charge in [-0.2, -0.15) is 0 Å². The Kier molecular flexibility index (Phi) is 3.90. The fourth-order valence-corrected chi connectivity index (χ4v) is 5.12. The Morgan fingerprint density at radius 3 is 2.75 bits per heavy atom. The molecule has 2 nitrogen and oxygen atoms in total. The maximum Gasteiger partial charge on any atom is 0.162 e. The monoisotopic (exact) mass is 208 g/mol. The molecule has 0 aromatic rings. The Morgan fingerprint density at radius 1 is 1.50 bits per heavy atom. The lowest BCUT2D eigenvalue weighted by Gasteiger charge is -2.07. The quantitative estimate of drug-likeness (QED) is 0.663. The molecule has 0 N–H and O–H groups in total. The van der Waals surface area contributed by atoms with E-state index in [1.54, 1.807) is 11.8 Å². The molecule has 0 aromatic carbocycles. The van der Waals surface area contributed by atoms with Gasteiger partial charge in [0, 0.05) is 0 Å². The molecule has 1 atom stereocenters. The fourth-order valence-electron chi connectivity index (χ4n) is 1.31. The largest absolute Gasteiger partial charge is 0.228 e. The summed E-state index contributed by atoms with van der Waals surface area (Å²) < 4.78 is 22.6. The van der Waals surface area contributed by atoms with Crippen molar-refractivity contribution < 1.29 is 8.42 Å². The zero-order chi connectivity index (χ0) is 9.03. The van der Waals surface area contributed by atoms with Gasteiger partial charge in [-0.25, -0.2) is 8.42 Å². The fraction of sp³-hybridized carbons (Fsp3) is 1.00. The van der Waals surface area contributed by atoms with Gasteiger partial charge in [0.1, 0.15) is 4.58 Å². The molecule has 0 aromatic heterocycles. The summed E-state index contributed by atoms with van der Waals surface area (Å²) in [5, 5.41) is 0. The molecule has 1 heterocycles. The van der Waals surface area contributed by atoms with Crippen LogP contribution >= 0.6 is 11.8 Å². The molecule has 0 saturated carbocycles. The summed E-state index contributed by atoms with van der Waals surface area (Å²) in [5.41, 5.74) is 0. The Balaban J connectivity index is 2.32. The molecule has 12 heavy (non-hydrogen) atoms. The van der Waals surface area contributed by atoms with Gasteiger partial charge in [0.05, 0.1) is 5.75 Å². The van der Waals surface area contributed by atoms with E-state index >= 15 is 0 Å². The summed E-state index contributed by atoms with van der Waals surface area (Å²) >= 11 is 1.63. The summed E-state index contributed by atoms with van der Waals surface area (Å²) in [6, 6.07) is 0. The normalized spacial score (nSPS) is 27.6. The molecule has 1 aliphatic rings. The van der Waals surface area contributed by atoms with E-state index in [9.17, 15) is 8.42 Å². The van der Waals surface area contributed by atoms with Crippen LogP contribution in [0.5, 0.6) is 0 Å². The molecule has 4 heteroatoms. The van der Waals surface area contributed by atoms with E-state index in [1.807, 2.05) is 0 Å². The van der Waals surface area contributed by atoms with Gasteiger partial charge in [-0.3, -0.25) is 0 Å². The average Bonchev–Trinajstić information content (AvgIpc) is 2.32. The highest BCUT2D eigenvalue weighted by Crippen LogP contribution is 2.30. The summed E-state index contributed by atoms with van der Waals surface area (Å²) in [6.07, 6.45) is 4.03. The number of hydrogen-bond acceptors (Lipinski definition) is 3. The number of sulfone groups is 1. The van der Waals surface area contributed by atoms with Crippen molar-refractivity contribution in [2.75, 3.05) is 11.5 Å². The van der Waals surface area contributed by atoms with Crippen molar-refractivity contribution in [1.82, 2.24) is 0 Å². The van der Waals surface area contributed by atoms with Crippen LogP contribution in [0.4, 0.5) is 0 Å². The highest BCUT2D eigenvalue weighted by molar-refractivity contribution is 8.13. The second-order valence-electron chi connectivity index (χ2n) is 3.16. The average molecular weight is 208 g/mol. The molecular weight excluding hydrogens is 192 g/mol. The van der Waals surface area contributed by atoms with Crippen LogP contribution in [0.15, 0.2) is 0 Å². The zero-order valence-electron chi connectivity index (χ0n) is 7.45. The highest BCUT2D eigenvalue weighted by Gasteiger charge is 2.30. The van der Waals surface area contributed by atoms with E-state index in [0.717, 1.165) is 31.4 Å². The molecule has 0 amide bonds. The molecule has 0 aliphatic carbocycles. The third kappa shape index (κ3) is 2.66. The molecule has 0 spiro atoms. The van der Waals surface area contributed by atoms with E-state index in [4.69, 9.17) is 0 Å². The number of hydrogen-bond donors (Lipinski definition) is 0. The van der Waals surface area contributed by atoms with Gasteiger partial charge in [-0.05, 0) is 25.0 Å². The molecule has 1 unspecified atom stereocenters. The van der Waals surface area contributed by atoms with Gasteiger partial charge in [0.2, 0.25) is 0 Å². The number of thioether (sulfide) groups is 1. The summed E-state index contributed by atoms with van der Waals surface area (Å²) in [7, 11) is -2.70. The number of rotatable bonds is 4. The third-order valence-corrected chi connectivity index (χ3v) is 6.39. The van der Waals surface area contributed by atoms with Crippen molar-refractivity contribution in [1.29, 1.82) is 0 Å². The first kappa shape index (κ1) is 10.4.